The van der Waals surface area contributed by atoms with Crippen LogP contribution in [0.4, 0.5) is 0 Å². The van der Waals surface area contributed by atoms with Gasteiger partial charge in [0, 0.05) is 23.5 Å². The Bertz CT molecular complexity index is 853. The number of amides is 1. The van der Waals surface area contributed by atoms with Crippen molar-refractivity contribution >= 4 is 38.8 Å². The molecule has 0 unspecified atom stereocenters. The second kappa shape index (κ2) is 5.42. The molecule has 0 saturated heterocycles. The first-order valence-electron chi connectivity index (χ1n) is 7.69. The predicted octanol–water partition coefficient (Wildman–Crippen LogP) is 3.59. The van der Waals surface area contributed by atoms with Gasteiger partial charge in [0.1, 0.15) is 9.84 Å². The van der Waals surface area contributed by atoms with Crippen molar-refractivity contribution < 1.29 is 4.79 Å². The Labute approximate surface area is 142 Å². The van der Waals surface area contributed by atoms with E-state index < -0.39 is 0 Å². The zero-order valence-electron chi connectivity index (χ0n) is 13.3. The smallest absolute Gasteiger partial charge is 0.262 e. The van der Waals surface area contributed by atoms with Crippen molar-refractivity contribution in [1.29, 1.82) is 0 Å². The molecule has 1 atom stereocenters. The van der Waals surface area contributed by atoms with E-state index in [4.69, 9.17) is 0 Å². The fourth-order valence-corrected chi connectivity index (χ4v) is 4.82. The highest BCUT2D eigenvalue weighted by atomic mass is 32.1. The van der Waals surface area contributed by atoms with Crippen molar-refractivity contribution in [1.82, 2.24) is 20.1 Å². The number of carbonyl (C=O) groups excluding carboxylic acids is 1. The van der Waals surface area contributed by atoms with Crippen LogP contribution < -0.4 is 5.32 Å². The van der Waals surface area contributed by atoms with Crippen molar-refractivity contribution in [3.63, 3.8) is 0 Å². The molecule has 7 heteroatoms. The van der Waals surface area contributed by atoms with Crippen LogP contribution in [0.5, 0.6) is 0 Å². The number of carbonyl (C=O) groups is 1. The molecule has 0 spiro atoms. The number of nitrogens with zero attached hydrogens (tertiary/aromatic N) is 3. The molecule has 1 aliphatic rings. The zero-order valence-corrected chi connectivity index (χ0v) is 14.9. The lowest BCUT2D eigenvalue weighted by molar-refractivity contribution is 0.0936. The van der Waals surface area contributed by atoms with Crippen molar-refractivity contribution in [2.75, 3.05) is 0 Å². The molecule has 3 aromatic heterocycles. The Morgan fingerprint density at radius 2 is 2.22 bits per heavy atom. The minimum atomic E-state index is -0.00430. The predicted molar refractivity (Wildman–Crippen MR) is 93.1 cm³/mol. The minimum absolute atomic E-state index is 0.00430. The molecule has 0 aliphatic heterocycles. The number of nitrogens with one attached hydrogen (secondary N) is 1. The molecule has 0 bridgehead atoms. The van der Waals surface area contributed by atoms with Crippen LogP contribution in [0.2, 0.25) is 0 Å². The third-order valence-electron chi connectivity index (χ3n) is 4.20. The quantitative estimate of drug-likeness (QED) is 0.785. The molecule has 5 nitrogen and oxygen atoms in total. The molecule has 120 valence electrons. The molecule has 3 heterocycles. The summed E-state index contributed by atoms with van der Waals surface area (Å²) in [7, 11) is 1.92. The fourth-order valence-electron chi connectivity index (χ4n) is 2.86. The van der Waals surface area contributed by atoms with Crippen molar-refractivity contribution in [3.8, 4) is 0 Å². The average Bonchev–Trinajstić information content (AvgIpc) is 2.99. The summed E-state index contributed by atoms with van der Waals surface area (Å²) in [6.45, 7) is 3.97. The molecule has 1 fully saturated rings. The van der Waals surface area contributed by atoms with Crippen LogP contribution in [-0.4, -0.2) is 20.7 Å². The molecule has 3 aromatic rings. The monoisotopic (exact) mass is 346 g/mol. The van der Waals surface area contributed by atoms with Gasteiger partial charge < -0.3 is 5.32 Å². The van der Waals surface area contributed by atoms with Crippen LogP contribution >= 0.6 is 22.7 Å². The summed E-state index contributed by atoms with van der Waals surface area (Å²) in [5.74, 6) is 0.526. The van der Waals surface area contributed by atoms with Gasteiger partial charge in [0.15, 0.2) is 0 Å². The highest BCUT2D eigenvalue weighted by Crippen LogP contribution is 2.42. The lowest BCUT2D eigenvalue weighted by Crippen LogP contribution is -2.29. The van der Waals surface area contributed by atoms with Crippen LogP contribution in [0.1, 0.15) is 45.0 Å². The minimum Gasteiger partial charge on any atom is -0.342 e. The highest BCUT2D eigenvalue weighted by molar-refractivity contribution is 7.20. The third kappa shape index (κ3) is 2.68. The van der Waals surface area contributed by atoms with Gasteiger partial charge in [-0.2, -0.15) is 5.10 Å². The number of rotatable bonds is 4. The second-order valence-corrected chi connectivity index (χ2v) is 8.07. The van der Waals surface area contributed by atoms with Crippen LogP contribution in [0.3, 0.4) is 0 Å². The van der Waals surface area contributed by atoms with Crippen molar-refractivity contribution in [2.45, 2.75) is 32.7 Å². The molecule has 4 rings (SSSR count). The first-order chi connectivity index (χ1) is 11.0. The van der Waals surface area contributed by atoms with E-state index in [9.17, 15) is 4.79 Å². The summed E-state index contributed by atoms with van der Waals surface area (Å²) in [6.07, 6.45) is 2.33. The average molecular weight is 346 g/mol. The van der Waals surface area contributed by atoms with Gasteiger partial charge in [0.05, 0.1) is 16.6 Å². The standard InChI is InChI=1S/C16H18N4OS2/c1-8-7-22-15(17-8)13(10-4-5-10)18-14(21)12-6-11-9(2)19-20(3)16(11)23-12/h6-7,10,13H,4-5H2,1-3H3,(H,18,21)/t13-/m1/s1. The topological polar surface area (TPSA) is 59.8 Å². The molecular formula is C16H18N4OS2. The normalized spacial score (nSPS) is 16.0. The largest absolute Gasteiger partial charge is 0.342 e. The van der Waals surface area contributed by atoms with Gasteiger partial charge in [-0.1, -0.05) is 0 Å². The number of thiazole rings is 1. The molecule has 1 saturated carbocycles. The van der Waals surface area contributed by atoms with Gasteiger partial charge in [-0.15, -0.1) is 22.7 Å². The molecule has 23 heavy (non-hydrogen) atoms. The van der Waals surface area contributed by atoms with E-state index in [0.29, 0.717) is 5.92 Å². The number of aryl methyl sites for hydroxylation is 3. The van der Waals surface area contributed by atoms with Crippen LogP contribution in [-0.2, 0) is 7.05 Å². The first-order valence-corrected chi connectivity index (χ1v) is 9.38. The number of aromatic nitrogens is 3. The molecule has 1 aliphatic carbocycles. The van der Waals surface area contributed by atoms with Crippen LogP contribution in [0.25, 0.3) is 10.2 Å². The van der Waals surface area contributed by atoms with E-state index in [0.717, 1.165) is 31.5 Å². The first kappa shape index (κ1) is 14.8. The van der Waals surface area contributed by atoms with Gasteiger partial charge in [0.25, 0.3) is 5.91 Å². The van der Waals surface area contributed by atoms with Gasteiger partial charge in [0.2, 0.25) is 0 Å². The van der Waals surface area contributed by atoms with Gasteiger partial charge in [-0.3, -0.25) is 9.48 Å². The summed E-state index contributed by atoms with van der Waals surface area (Å²) < 4.78 is 1.84. The van der Waals surface area contributed by atoms with Gasteiger partial charge in [-0.05, 0) is 38.7 Å². The Morgan fingerprint density at radius 1 is 1.43 bits per heavy atom. The maximum atomic E-state index is 12.7. The Balaban J connectivity index is 1.60. The fraction of sp³-hybridized carbons (Fsp3) is 0.438. The van der Waals surface area contributed by atoms with E-state index in [1.807, 2.05) is 37.0 Å². The Hall–Kier alpha value is -1.73. The van der Waals surface area contributed by atoms with Crippen LogP contribution in [0, 0.1) is 19.8 Å². The second-order valence-electron chi connectivity index (χ2n) is 6.15. The van der Waals surface area contributed by atoms with Crippen LogP contribution in [0.15, 0.2) is 11.4 Å². The van der Waals surface area contributed by atoms with E-state index in [1.54, 1.807) is 11.3 Å². The van der Waals surface area contributed by atoms with E-state index >= 15 is 0 Å². The molecule has 0 aromatic carbocycles. The lowest BCUT2D eigenvalue weighted by atomic mass is 10.2. The lowest BCUT2D eigenvalue weighted by Gasteiger charge is -2.15. The van der Waals surface area contributed by atoms with Gasteiger partial charge >= 0.3 is 0 Å². The van der Waals surface area contributed by atoms with Gasteiger partial charge in [-0.25, -0.2) is 4.98 Å². The number of hydrogen-bond donors (Lipinski definition) is 1. The number of hydrogen-bond acceptors (Lipinski definition) is 5. The summed E-state index contributed by atoms with van der Waals surface area (Å²) >= 11 is 3.14. The summed E-state index contributed by atoms with van der Waals surface area (Å²) in [4.78, 5) is 19.1. The maximum absolute atomic E-state index is 12.7. The Morgan fingerprint density at radius 3 is 2.83 bits per heavy atom. The van der Waals surface area contributed by atoms with Crippen molar-refractivity contribution in [2.24, 2.45) is 13.0 Å². The molecule has 0 radical (unpaired) electrons. The maximum Gasteiger partial charge on any atom is 0.262 e. The zero-order chi connectivity index (χ0) is 16.1. The van der Waals surface area contributed by atoms with E-state index in [2.05, 4.69) is 15.4 Å². The SMILES string of the molecule is Cc1csc([C@H](NC(=O)c2cc3c(C)nn(C)c3s2)C2CC2)n1. The summed E-state index contributed by atoms with van der Waals surface area (Å²) in [5, 5.41) is 11.7. The third-order valence-corrected chi connectivity index (χ3v) is 6.45. The summed E-state index contributed by atoms with van der Waals surface area (Å²) in [6, 6.07) is 2.00. The molecular weight excluding hydrogens is 328 g/mol. The number of fused-ring (bicyclic) bond motifs is 1. The number of thiophene rings is 1. The summed E-state index contributed by atoms with van der Waals surface area (Å²) in [5.41, 5.74) is 1.99. The molecule has 1 N–H and O–H groups in total. The van der Waals surface area contributed by atoms with Crippen molar-refractivity contribution in [3.05, 3.63) is 32.7 Å². The highest BCUT2D eigenvalue weighted by Gasteiger charge is 2.35. The van der Waals surface area contributed by atoms with E-state index in [1.165, 1.54) is 24.2 Å². The molecule has 1 amide bonds. The Kier molecular flexibility index (Phi) is 3.50. The van der Waals surface area contributed by atoms with E-state index in [-0.39, 0.29) is 11.9 Å².